The van der Waals surface area contributed by atoms with E-state index in [9.17, 15) is 9.18 Å². The molecule has 3 aromatic carbocycles. The van der Waals surface area contributed by atoms with Gasteiger partial charge in [-0.3, -0.25) is 4.79 Å². The van der Waals surface area contributed by atoms with E-state index in [0.29, 0.717) is 22.1 Å². The number of nitrogens with one attached hydrogen (secondary N) is 1. The molecule has 0 spiro atoms. The Balaban J connectivity index is 1.82. The van der Waals surface area contributed by atoms with Crippen molar-refractivity contribution in [1.82, 2.24) is 5.32 Å². The van der Waals surface area contributed by atoms with E-state index in [2.05, 4.69) is 5.32 Å². The lowest BCUT2D eigenvalue weighted by Crippen LogP contribution is -2.27. The summed E-state index contributed by atoms with van der Waals surface area (Å²) in [6, 6.07) is 19.9. The first-order valence-corrected chi connectivity index (χ1v) is 8.49. The SMILES string of the molecule is C[C@H](NC(=O)c1cc(Cl)ccc1Oc1ccc(F)cc1)c1ccccc1. The van der Waals surface area contributed by atoms with Gasteiger partial charge in [0.05, 0.1) is 11.6 Å². The molecule has 3 rings (SSSR count). The van der Waals surface area contributed by atoms with Gasteiger partial charge in [0.1, 0.15) is 17.3 Å². The molecule has 0 saturated carbocycles. The number of carbonyl (C=O) groups excluding carboxylic acids is 1. The van der Waals surface area contributed by atoms with Gasteiger partial charge in [-0.05, 0) is 55.0 Å². The highest BCUT2D eigenvalue weighted by Crippen LogP contribution is 2.28. The Labute approximate surface area is 156 Å². The molecule has 0 bridgehead atoms. The van der Waals surface area contributed by atoms with Gasteiger partial charge in [0.2, 0.25) is 0 Å². The van der Waals surface area contributed by atoms with Crippen LogP contribution < -0.4 is 10.1 Å². The summed E-state index contributed by atoms with van der Waals surface area (Å²) in [7, 11) is 0. The van der Waals surface area contributed by atoms with Gasteiger partial charge in [-0.1, -0.05) is 41.9 Å². The molecular formula is C21H17ClFNO2. The van der Waals surface area contributed by atoms with Crippen LogP contribution in [0.2, 0.25) is 5.02 Å². The highest BCUT2D eigenvalue weighted by molar-refractivity contribution is 6.31. The van der Waals surface area contributed by atoms with Crippen LogP contribution in [0, 0.1) is 5.82 Å². The molecule has 0 aromatic heterocycles. The smallest absolute Gasteiger partial charge is 0.255 e. The second-order valence-electron chi connectivity index (χ2n) is 5.80. The molecular weight excluding hydrogens is 353 g/mol. The van der Waals surface area contributed by atoms with Crippen LogP contribution in [0.5, 0.6) is 11.5 Å². The second kappa shape index (κ2) is 8.02. The van der Waals surface area contributed by atoms with Crippen LogP contribution in [0.1, 0.15) is 28.9 Å². The van der Waals surface area contributed by atoms with Gasteiger partial charge in [-0.25, -0.2) is 4.39 Å². The van der Waals surface area contributed by atoms with Gasteiger partial charge in [0.15, 0.2) is 0 Å². The third kappa shape index (κ3) is 4.41. The van der Waals surface area contributed by atoms with E-state index in [0.717, 1.165) is 5.56 Å². The first-order chi connectivity index (χ1) is 12.5. The van der Waals surface area contributed by atoms with Crippen molar-refractivity contribution in [3.05, 3.63) is 94.8 Å². The van der Waals surface area contributed by atoms with Crippen molar-refractivity contribution in [3.63, 3.8) is 0 Å². The highest BCUT2D eigenvalue weighted by atomic mass is 35.5. The Morgan fingerprint density at radius 3 is 2.42 bits per heavy atom. The van der Waals surface area contributed by atoms with Crippen LogP contribution in [0.15, 0.2) is 72.8 Å². The van der Waals surface area contributed by atoms with Crippen molar-refractivity contribution in [2.45, 2.75) is 13.0 Å². The average Bonchev–Trinajstić information content (AvgIpc) is 2.65. The average molecular weight is 370 g/mol. The molecule has 0 aliphatic heterocycles. The van der Waals surface area contributed by atoms with Crippen molar-refractivity contribution in [2.75, 3.05) is 0 Å². The topological polar surface area (TPSA) is 38.3 Å². The van der Waals surface area contributed by atoms with Gasteiger partial charge >= 0.3 is 0 Å². The van der Waals surface area contributed by atoms with E-state index in [1.54, 1.807) is 18.2 Å². The van der Waals surface area contributed by atoms with Gasteiger partial charge in [-0.2, -0.15) is 0 Å². The minimum absolute atomic E-state index is 0.179. The quantitative estimate of drug-likeness (QED) is 0.620. The van der Waals surface area contributed by atoms with Crippen molar-refractivity contribution < 1.29 is 13.9 Å². The largest absolute Gasteiger partial charge is 0.457 e. The molecule has 26 heavy (non-hydrogen) atoms. The fourth-order valence-corrected chi connectivity index (χ4v) is 2.67. The van der Waals surface area contributed by atoms with Crippen molar-refractivity contribution in [1.29, 1.82) is 0 Å². The van der Waals surface area contributed by atoms with Crippen LogP contribution in [0.25, 0.3) is 0 Å². The molecule has 1 N–H and O–H groups in total. The molecule has 0 fully saturated rings. The minimum atomic E-state index is -0.358. The van der Waals surface area contributed by atoms with E-state index in [1.165, 1.54) is 24.3 Å². The van der Waals surface area contributed by atoms with Gasteiger partial charge in [-0.15, -0.1) is 0 Å². The van der Waals surface area contributed by atoms with Crippen LogP contribution >= 0.6 is 11.6 Å². The fraction of sp³-hybridized carbons (Fsp3) is 0.0952. The molecule has 0 aliphatic rings. The lowest BCUT2D eigenvalue weighted by molar-refractivity contribution is 0.0937. The summed E-state index contributed by atoms with van der Waals surface area (Å²) in [4.78, 5) is 12.7. The maximum atomic E-state index is 13.1. The first kappa shape index (κ1) is 18.0. The number of rotatable bonds is 5. The third-order valence-electron chi connectivity index (χ3n) is 3.87. The lowest BCUT2D eigenvalue weighted by atomic mass is 10.1. The first-order valence-electron chi connectivity index (χ1n) is 8.12. The molecule has 3 nitrogen and oxygen atoms in total. The Morgan fingerprint density at radius 2 is 1.73 bits per heavy atom. The molecule has 3 aromatic rings. The molecule has 0 aliphatic carbocycles. The Kier molecular flexibility index (Phi) is 5.54. The summed E-state index contributed by atoms with van der Waals surface area (Å²) in [5.41, 5.74) is 1.30. The molecule has 1 amide bonds. The Bertz CT molecular complexity index is 898. The van der Waals surface area contributed by atoms with Crippen molar-refractivity contribution in [2.24, 2.45) is 0 Å². The maximum absolute atomic E-state index is 13.1. The van der Waals surface area contributed by atoms with Crippen LogP contribution in [-0.2, 0) is 0 Å². The summed E-state index contributed by atoms with van der Waals surface area (Å²) in [6.07, 6.45) is 0. The van der Waals surface area contributed by atoms with Gasteiger partial charge in [0.25, 0.3) is 5.91 Å². The number of hydrogen-bond donors (Lipinski definition) is 1. The summed E-state index contributed by atoms with van der Waals surface area (Å²) >= 11 is 6.05. The zero-order valence-corrected chi connectivity index (χ0v) is 14.8. The zero-order chi connectivity index (χ0) is 18.5. The van der Waals surface area contributed by atoms with Crippen LogP contribution in [0.4, 0.5) is 4.39 Å². The number of carbonyl (C=O) groups is 1. The van der Waals surface area contributed by atoms with Crippen LogP contribution in [-0.4, -0.2) is 5.91 Å². The van der Waals surface area contributed by atoms with Gasteiger partial charge < -0.3 is 10.1 Å². The Hall–Kier alpha value is -2.85. The van der Waals surface area contributed by atoms with Crippen molar-refractivity contribution in [3.8, 4) is 11.5 Å². The summed E-state index contributed by atoms with van der Waals surface area (Å²) in [5.74, 6) is 0.113. The standard InChI is InChI=1S/C21H17ClFNO2/c1-14(15-5-3-2-4-6-15)24-21(25)19-13-16(22)7-12-20(19)26-18-10-8-17(23)9-11-18/h2-14H,1H3,(H,24,25)/t14-/m0/s1. The number of halogens is 2. The summed E-state index contributed by atoms with van der Waals surface area (Å²) < 4.78 is 18.8. The molecule has 1 atom stereocenters. The van der Waals surface area contributed by atoms with E-state index >= 15 is 0 Å². The van der Waals surface area contributed by atoms with Gasteiger partial charge in [0, 0.05) is 5.02 Å². The minimum Gasteiger partial charge on any atom is -0.457 e. The number of ether oxygens (including phenoxy) is 1. The van der Waals surface area contributed by atoms with E-state index in [-0.39, 0.29) is 17.8 Å². The number of amides is 1. The van der Waals surface area contributed by atoms with E-state index in [4.69, 9.17) is 16.3 Å². The van der Waals surface area contributed by atoms with Crippen LogP contribution in [0.3, 0.4) is 0 Å². The zero-order valence-electron chi connectivity index (χ0n) is 14.1. The molecule has 5 heteroatoms. The highest BCUT2D eigenvalue weighted by Gasteiger charge is 2.17. The summed E-state index contributed by atoms with van der Waals surface area (Å²) in [6.45, 7) is 1.90. The molecule has 0 unspecified atom stereocenters. The predicted molar refractivity (Wildman–Crippen MR) is 100 cm³/mol. The summed E-state index contributed by atoms with van der Waals surface area (Å²) in [5, 5.41) is 3.36. The van der Waals surface area contributed by atoms with E-state index in [1.807, 2.05) is 37.3 Å². The monoisotopic (exact) mass is 369 g/mol. The Morgan fingerprint density at radius 1 is 1.04 bits per heavy atom. The normalized spacial score (nSPS) is 11.7. The second-order valence-corrected chi connectivity index (χ2v) is 6.24. The molecule has 132 valence electrons. The molecule has 0 saturated heterocycles. The third-order valence-corrected chi connectivity index (χ3v) is 4.11. The predicted octanol–water partition coefficient (Wildman–Crippen LogP) is 5.76. The number of hydrogen-bond acceptors (Lipinski definition) is 2. The molecule has 0 radical (unpaired) electrons. The number of benzene rings is 3. The fourth-order valence-electron chi connectivity index (χ4n) is 2.50. The van der Waals surface area contributed by atoms with E-state index < -0.39 is 0 Å². The lowest BCUT2D eigenvalue weighted by Gasteiger charge is -2.16. The van der Waals surface area contributed by atoms with Crippen molar-refractivity contribution >= 4 is 17.5 Å². The molecule has 0 heterocycles. The maximum Gasteiger partial charge on any atom is 0.255 e.